The van der Waals surface area contributed by atoms with Crippen LogP contribution in [0.4, 0.5) is 8.78 Å². The highest BCUT2D eigenvalue weighted by atomic mass is 127. The van der Waals surface area contributed by atoms with Crippen LogP contribution in [0.1, 0.15) is 25.3 Å². The zero-order valence-electron chi connectivity index (χ0n) is 12.5. The van der Waals surface area contributed by atoms with Gasteiger partial charge in [-0.1, -0.05) is 19.1 Å². The summed E-state index contributed by atoms with van der Waals surface area (Å²) < 4.78 is 28.7. The molecule has 0 aliphatic carbocycles. The first-order valence-electron chi connectivity index (χ1n) is 7.13. The Morgan fingerprint density at radius 1 is 1.50 bits per heavy atom. The van der Waals surface area contributed by atoms with Crippen LogP contribution in [-0.4, -0.2) is 30.6 Å². The lowest BCUT2D eigenvalue weighted by Crippen LogP contribution is -2.43. The first-order valence-corrected chi connectivity index (χ1v) is 7.13. The number of hydrogen-bond donors (Lipinski definition) is 1. The average Bonchev–Trinajstić information content (AvgIpc) is 2.44. The number of hydrogen-bond acceptors (Lipinski definition) is 2. The van der Waals surface area contributed by atoms with E-state index in [0.29, 0.717) is 18.4 Å². The number of rotatable bonds is 4. The molecule has 1 aliphatic rings. The van der Waals surface area contributed by atoms with Crippen LogP contribution in [0.5, 0.6) is 5.75 Å². The van der Waals surface area contributed by atoms with Crippen molar-refractivity contribution in [2.45, 2.75) is 32.9 Å². The minimum absolute atomic E-state index is 0. The number of halogens is 3. The smallest absolute Gasteiger partial charge is 0.387 e. The van der Waals surface area contributed by atoms with Gasteiger partial charge in [-0.15, -0.1) is 24.0 Å². The molecule has 1 atom stereocenters. The van der Waals surface area contributed by atoms with Crippen molar-refractivity contribution in [1.82, 2.24) is 4.90 Å². The van der Waals surface area contributed by atoms with Gasteiger partial charge in [0.1, 0.15) is 5.75 Å². The molecule has 4 nitrogen and oxygen atoms in total. The first-order chi connectivity index (χ1) is 10.0. The summed E-state index contributed by atoms with van der Waals surface area (Å²) in [6.45, 7) is 1.59. The van der Waals surface area contributed by atoms with Crippen molar-refractivity contribution in [3.05, 3.63) is 29.8 Å². The molecule has 0 spiro atoms. The average molecular weight is 425 g/mol. The van der Waals surface area contributed by atoms with Gasteiger partial charge < -0.3 is 15.4 Å². The van der Waals surface area contributed by atoms with Crippen LogP contribution in [0, 0.1) is 5.92 Å². The lowest BCUT2D eigenvalue weighted by Gasteiger charge is -2.31. The number of nitrogens with zero attached hydrogens (tertiary/aromatic N) is 2. The topological polar surface area (TPSA) is 50.8 Å². The van der Waals surface area contributed by atoms with Gasteiger partial charge in [0, 0.05) is 13.1 Å². The number of nitrogens with two attached hydrogens (primary N) is 1. The molecule has 1 heterocycles. The maximum atomic E-state index is 12.2. The van der Waals surface area contributed by atoms with Crippen molar-refractivity contribution in [1.29, 1.82) is 0 Å². The number of alkyl halides is 2. The van der Waals surface area contributed by atoms with E-state index in [1.807, 2.05) is 6.07 Å². The molecule has 1 saturated heterocycles. The zero-order chi connectivity index (χ0) is 15.2. The number of guanidine groups is 1. The first kappa shape index (κ1) is 18.9. The summed E-state index contributed by atoms with van der Waals surface area (Å²) in [5, 5.41) is 0. The normalized spacial score (nSPS) is 19.0. The predicted molar refractivity (Wildman–Crippen MR) is 93.8 cm³/mol. The summed E-state index contributed by atoms with van der Waals surface area (Å²) in [5.41, 5.74) is 6.79. The summed E-state index contributed by atoms with van der Waals surface area (Å²) in [6.07, 6.45) is 2.34. The van der Waals surface area contributed by atoms with Crippen molar-refractivity contribution in [2.24, 2.45) is 16.6 Å². The van der Waals surface area contributed by atoms with Gasteiger partial charge in [-0.05, 0) is 36.5 Å². The van der Waals surface area contributed by atoms with E-state index in [1.54, 1.807) is 12.1 Å². The van der Waals surface area contributed by atoms with Gasteiger partial charge in [-0.3, -0.25) is 0 Å². The highest BCUT2D eigenvalue weighted by Gasteiger charge is 2.17. The maximum absolute atomic E-state index is 12.2. The molecule has 7 heteroatoms. The Bertz CT molecular complexity index is 499. The molecule has 1 aliphatic heterocycles. The predicted octanol–water partition coefficient (Wildman–Crippen LogP) is 3.45. The van der Waals surface area contributed by atoms with Crippen molar-refractivity contribution >= 4 is 29.9 Å². The summed E-state index contributed by atoms with van der Waals surface area (Å²) in [5.74, 6) is 1.28. The fraction of sp³-hybridized carbons (Fsp3) is 0.533. The van der Waals surface area contributed by atoms with Crippen molar-refractivity contribution in [3.8, 4) is 5.75 Å². The summed E-state index contributed by atoms with van der Waals surface area (Å²) in [4.78, 5) is 6.43. The standard InChI is InChI=1S/C15H21F2N3O.HI/c1-11-4-3-7-20(10-11)15(18)19-9-12-5-2-6-13(8-12)21-14(16)17;/h2,5-6,8,11,14H,3-4,7,9-10H2,1H3,(H2,18,19);1H. The number of ether oxygens (including phenoxy) is 1. The summed E-state index contributed by atoms with van der Waals surface area (Å²) >= 11 is 0. The molecule has 0 amide bonds. The van der Waals surface area contributed by atoms with Crippen molar-refractivity contribution < 1.29 is 13.5 Å². The zero-order valence-corrected chi connectivity index (χ0v) is 14.9. The lowest BCUT2D eigenvalue weighted by molar-refractivity contribution is -0.0498. The molecule has 124 valence electrons. The molecule has 0 bridgehead atoms. The van der Waals surface area contributed by atoms with Crippen LogP contribution >= 0.6 is 24.0 Å². The van der Waals surface area contributed by atoms with E-state index in [4.69, 9.17) is 5.73 Å². The fourth-order valence-corrected chi connectivity index (χ4v) is 2.49. The van der Waals surface area contributed by atoms with Gasteiger partial charge in [0.15, 0.2) is 5.96 Å². The molecular formula is C15H22F2IN3O. The van der Waals surface area contributed by atoms with Gasteiger partial charge in [-0.2, -0.15) is 8.78 Å². The molecule has 1 fully saturated rings. The van der Waals surface area contributed by atoms with Crippen LogP contribution in [0.3, 0.4) is 0 Å². The van der Waals surface area contributed by atoms with Crippen LogP contribution in [0.15, 0.2) is 29.3 Å². The Morgan fingerprint density at radius 2 is 2.27 bits per heavy atom. The number of aliphatic imine (C=N–C) groups is 1. The number of piperidine rings is 1. The Morgan fingerprint density at radius 3 is 2.95 bits per heavy atom. The molecule has 0 aromatic heterocycles. The monoisotopic (exact) mass is 425 g/mol. The Balaban J connectivity index is 0.00000242. The SMILES string of the molecule is CC1CCCN(C(N)=NCc2cccc(OC(F)F)c2)C1.I. The van der Waals surface area contributed by atoms with Crippen LogP contribution in [-0.2, 0) is 6.54 Å². The minimum Gasteiger partial charge on any atom is -0.435 e. The second kappa shape index (κ2) is 9.12. The van der Waals surface area contributed by atoms with E-state index in [-0.39, 0.29) is 29.7 Å². The molecule has 1 unspecified atom stereocenters. The molecule has 1 aromatic carbocycles. The van der Waals surface area contributed by atoms with Crippen LogP contribution < -0.4 is 10.5 Å². The molecule has 0 saturated carbocycles. The third-order valence-corrected chi connectivity index (χ3v) is 3.53. The van der Waals surface area contributed by atoms with E-state index in [0.717, 1.165) is 25.1 Å². The van der Waals surface area contributed by atoms with E-state index in [1.165, 1.54) is 12.5 Å². The van der Waals surface area contributed by atoms with Crippen LogP contribution in [0.2, 0.25) is 0 Å². The van der Waals surface area contributed by atoms with Gasteiger partial charge in [0.2, 0.25) is 0 Å². The fourth-order valence-electron chi connectivity index (χ4n) is 2.49. The molecule has 22 heavy (non-hydrogen) atoms. The van der Waals surface area contributed by atoms with Crippen LogP contribution in [0.25, 0.3) is 0 Å². The molecular weight excluding hydrogens is 403 g/mol. The lowest BCUT2D eigenvalue weighted by atomic mass is 10.0. The quantitative estimate of drug-likeness (QED) is 0.457. The van der Waals surface area contributed by atoms with E-state index < -0.39 is 6.61 Å². The Kier molecular flexibility index (Phi) is 7.84. The minimum atomic E-state index is -2.82. The second-order valence-corrected chi connectivity index (χ2v) is 5.39. The van der Waals surface area contributed by atoms with Crippen molar-refractivity contribution in [3.63, 3.8) is 0 Å². The Hall–Kier alpha value is -1.12. The highest BCUT2D eigenvalue weighted by Crippen LogP contribution is 2.17. The summed E-state index contributed by atoms with van der Waals surface area (Å²) in [7, 11) is 0. The third kappa shape index (κ3) is 5.94. The van der Waals surface area contributed by atoms with E-state index in [9.17, 15) is 8.78 Å². The highest BCUT2D eigenvalue weighted by molar-refractivity contribution is 14.0. The van der Waals surface area contributed by atoms with Gasteiger partial charge in [0.05, 0.1) is 6.54 Å². The van der Waals surface area contributed by atoms with Gasteiger partial charge in [0.25, 0.3) is 0 Å². The largest absolute Gasteiger partial charge is 0.435 e. The number of likely N-dealkylation sites (tertiary alicyclic amines) is 1. The Labute approximate surface area is 146 Å². The molecule has 2 rings (SSSR count). The van der Waals surface area contributed by atoms with Crippen molar-refractivity contribution in [2.75, 3.05) is 13.1 Å². The van der Waals surface area contributed by atoms with E-state index in [2.05, 4.69) is 21.6 Å². The van der Waals surface area contributed by atoms with Gasteiger partial charge in [-0.25, -0.2) is 4.99 Å². The summed E-state index contributed by atoms with van der Waals surface area (Å²) in [6, 6.07) is 6.53. The number of benzene rings is 1. The molecule has 1 aromatic rings. The second-order valence-electron chi connectivity index (χ2n) is 5.39. The molecule has 2 N–H and O–H groups in total. The van der Waals surface area contributed by atoms with Gasteiger partial charge >= 0.3 is 6.61 Å². The van der Waals surface area contributed by atoms with E-state index >= 15 is 0 Å². The third-order valence-electron chi connectivity index (χ3n) is 3.53. The maximum Gasteiger partial charge on any atom is 0.387 e. The molecule has 0 radical (unpaired) electrons.